The van der Waals surface area contributed by atoms with E-state index in [-0.39, 0.29) is 22.8 Å². The molecule has 0 bridgehead atoms. The fourth-order valence-electron chi connectivity index (χ4n) is 2.59. The maximum absolute atomic E-state index is 13.3. The highest BCUT2D eigenvalue weighted by Gasteiger charge is 2.15. The topological polar surface area (TPSA) is 103 Å². The summed E-state index contributed by atoms with van der Waals surface area (Å²) in [6.45, 7) is 0. The summed E-state index contributed by atoms with van der Waals surface area (Å²) in [4.78, 5) is 12.5. The Morgan fingerprint density at radius 1 is 1.10 bits per heavy atom. The number of nitrogens with two attached hydrogens (primary N) is 1. The Morgan fingerprint density at radius 3 is 2.73 bits per heavy atom. The highest BCUT2D eigenvalue weighted by atomic mass is 32.2. The van der Waals surface area contributed by atoms with Crippen LogP contribution in [0.25, 0.3) is 16.8 Å². The number of benzene rings is 1. The number of allylic oxidation sites excluding steroid dienone is 6. The van der Waals surface area contributed by atoms with Crippen molar-refractivity contribution < 1.29 is 13.2 Å². The molecule has 0 atom stereocenters. The van der Waals surface area contributed by atoms with Crippen LogP contribution in [0.3, 0.4) is 0 Å². The molecule has 2 N–H and O–H groups in total. The van der Waals surface area contributed by atoms with Crippen LogP contribution in [0, 0.1) is 5.82 Å². The summed E-state index contributed by atoms with van der Waals surface area (Å²) < 4.78 is 32.3. The number of aromatic nitrogens is 4. The van der Waals surface area contributed by atoms with Crippen molar-refractivity contribution in [1.29, 1.82) is 0 Å². The van der Waals surface area contributed by atoms with E-state index in [1.54, 1.807) is 30.4 Å². The van der Waals surface area contributed by atoms with Gasteiger partial charge in [0.2, 0.25) is 5.89 Å². The van der Waals surface area contributed by atoms with Gasteiger partial charge in [-0.05, 0) is 60.7 Å². The Bertz CT molecular complexity index is 1180. The molecule has 7 nitrogen and oxygen atoms in total. The molecule has 0 fully saturated rings. The van der Waals surface area contributed by atoms with Crippen molar-refractivity contribution in [2.45, 2.75) is 16.7 Å². The maximum atomic E-state index is 13.3. The lowest BCUT2D eigenvalue weighted by atomic mass is 10.1. The summed E-state index contributed by atoms with van der Waals surface area (Å²) in [7, 11) is 0. The van der Waals surface area contributed by atoms with Crippen LogP contribution in [0.5, 0.6) is 0 Å². The van der Waals surface area contributed by atoms with Crippen LogP contribution in [-0.4, -0.2) is 26.5 Å². The number of hydrogen-bond donors (Lipinski definition) is 1. The van der Waals surface area contributed by atoms with Crippen LogP contribution in [-0.2, 0) is 0 Å². The van der Waals surface area contributed by atoms with E-state index < -0.39 is 0 Å². The Kier molecular flexibility index (Phi) is 5.75. The SMILES string of the molecule is N/C=N\c1nc(Sc2nnc(C3=CC=C(F)C=CC3)o2)cc(-c2ccc(F)cc2)n1. The van der Waals surface area contributed by atoms with Crippen molar-refractivity contribution in [2.75, 3.05) is 0 Å². The number of nitrogens with zero attached hydrogens (tertiary/aromatic N) is 5. The molecule has 0 amide bonds. The van der Waals surface area contributed by atoms with E-state index in [4.69, 9.17) is 10.2 Å². The first kappa shape index (κ1) is 19.6. The van der Waals surface area contributed by atoms with E-state index in [0.29, 0.717) is 34.2 Å². The molecule has 1 aromatic carbocycles. The van der Waals surface area contributed by atoms with E-state index in [1.807, 2.05) is 0 Å². The molecule has 1 aliphatic rings. The quantitative estimate of drug-likeness (QED) is 0.362. The number of hydrogen-bond acceptors (Lipinski definition) is 7. The Morgan fingerprint density at radius 2 is 1.93 bits per heavy atom. The van der Waals surface area contributed by atoms with Gasteiger partial charge in [-0.1, -0.05) is 12.2 Å². The van der Waals surface area contributed by atoms with Crippen LogP contribution >= 0.6 is 11.8 Å². The molecule has 2 heterocycles. The van der Waals surface area contributed by atoms with Crippen molar-refractivity contribution >= 4 is 29.6 Å². The third kappa shape index (κ3) is 4.66. The van der Waals surface area contributed by atoms with Gasteiger partial charge in [0.15, 0.2) is 0 Å². The summed E-state index contributed by atoms with van der Waals surface area (Å²) in [6.07, 6.45) is 7.55. The van der Waals surface area contributed by atoms with Gasteiger partial charge < -0.3 is 10.2 Å². The van der Waals surface area contributed by atoms with Crippen molar-refractivity contribution in [3.63, 3.8) is 0 Å². The van der Waals surface area contributed by atoms with E-state index >= 15 is 0 Å². The monoisotopic (exact) mass is 424 g/mol. The number of halogens is 2. The van der Waals surface area contributed by atoms with Crippen molar-refractivity contribution in [2.24, 2.45) is 10.7 Å². The standard InChI is InChI=1S/C20H14F2N6OS/c21-14-3-1-2-13(6-9-14)18-27-28-20(29-18)30-17-10-16(25-19(26-17)24-11-23)12-4-7-15(22)8-5-12/h1,3-11H,2H2,(H2,23,24,25,26). The molecule has 30 heavy (non-hydrogen) atoms. The summed E-state index contributed by atoms with van der Waals surface area (Å²) in [5.74, 6) is -0.264. The lowest BCUT2D eigenvalue weighted by molar-refractivity contribution is 0.442. The summed E-state index contributed by atoms with van der Waals surface area (Å²) in [5.41, 5.74) is 7.28. The van der Waals surface area contributed by atoms with Gasteiger partial charge in [0.1, 0.15) is 16.7 Å². The molecule has 1 aliphatic carbocycles. The minimum Gasteiger partial charge on any atom is -0.411 e. The lowest BCUT2D eigenvalue weighted by Gasteiger charge is -2.04. The molecular formula is C20H14F2N6OS. The van der Waals surface area contributed by atoms with Crippen molar-refractivity contribution in [1.82, 2.24) is 20.2 Å². The van der Waals surface area contributed by atoms with Gasteiger partial charge in [0, 0.05) is 11.1 Å². The zero-order valence-electron chi connectivity index (χ0n) is 15.4. The van der Waals surface area contributed by atoms with E-state index in [9.17, 15) is 8.78 Å². The molecule has 0 spiro atoms. The first-order chi connectivity index (χ1) is 14.6. The molecule has 0 saturated carbocycles. The normalized spacial score (nSPS) is 13.9. The minimum atomic E-state index is -0.349. The second-order valence-electron chi connectivity index (χ2n) is 6.00. The smallest absolute Gasteiger partial charge is 0.283 e. The van der Waals surface area contributed by atoms with Gasteiger partial charge >= 0.3 is 0 Å². The second-order valence-corrected chi connectivity index (χ2v) is 6.97. The lowest BCUT2D eigenvalue weighted by Crippen LogP contribution is -1.93. The predicted octanol–water partition coefficient (Wildman–Crippen LogP) is 4.63. The van der Waals surface area contributed by atoms with E-state index in [0.717, 1.165) is 18.1 Å². The molecule has 0 saturated heterocycles. The molecule has 4 rings (SSSR count). The minimum absolute atomic E-state index is 0.138. The van der Waals surface area contributed by atoms with Crippen LogP contribution in [0.4, 0.5) is 14.7 Å². The molecule has 3 aromatic rings. The highest BCUT2D eigenvalue weighted by molar-refractivity contribution is 7.99. The van der Waals surface area contributed by atoms with Crippen molar-refractivity contribution in [3.05, 3.63) is 72.2 Å². The molecule has 2 aromatic heterocycles. The second kappa shape index (κ2) is 8.78. The van der Waals surface area contributed by atoms with Gasteiger partial charge in [-0.3, -0.25) is 0 Å². The fourth-order valence-corrected chi connectivity index (χ4v) is 3.27. The van der Waals surface area contributed by atoms with Gasteiger partial charge in [-0.2, -0.15) is 0 Å². The Balaban J connectivity index is 1.62. The number of rotatable bonds is 5. The Labute approximate surface area is 174 Å². The van der Waals surface area contributed by atoms with Crippen LogP contribution in [0.2, 0.25) is 0 Å². The molecular weight excluding hydrogens is 410 g/mol. The molecule has 0 radical (unpaired) electrons. The third-order valence-electron chi connectivity index (χ3n) is 3.95. The van der Waals surface area contributed by atoms with Crippen LogP contribution in [0.1, 0.15) is 12.3 Å². The zero-order chi connectivity index (χ0) is 20.9. The van der Waals surface area contributed by atoms with Crippen LogP contribution in [0.15, 0.2) is 80.1 Å². The average molecular weight is 424 g/mol. The van der Waals surface area contributed by atoms with Gasteiger partial charge in [0.05, 0.1) is 12.0 Å². The fraction of sp³-hybridized carbons (Fsp3) is 0.0500. The van der Waals surface area contributed by atoms with E-state index in [2.05, 4.69) is 25.2 Å². The molecule has 0 unspecified atom stereocenters. The summed E-state index contributed by atoms with van der Waals surface area (Å²) >= 11 is 1.12. The molecule has 150 valence electrons. The Hall–Kier alpha value is -3.66. The first-order valence-corrected chi connectivity index (χ1v) is 9.56. The molecule has 0 aliphatic heterocycles. The molecule has 10 heteroatoms. The zero-order valence-corrected chi connectivity index (χ0v) is 16.2. The van der Waals surface area contributed by atoms with Gasteiger partial charge in [-0.15, -0.1) is 10.2 Å². The average Bonchev–Trinajstić information content (AvgIpc) is 3.08. The third-order valence-corrected chi connectivity index (χ3v) is 4.71. The van der Waals surface area contributed by atoms with E-state index in [1.165, 1.54) is 24.3 Å². The number of aliphatic imine (C=N–C) groups is 1. The van der Waals surface area contributed by atoms with Gasteiger partial charge in [-0.25, -0.2) is 23.7 Å². The van der Waals surface area contributed by atoms with Crippen LogP contribution < -0.4 is 5.73 Å². The predicted molar refractivity (Wildman–Crippen MR) is 109 cm³/mol. The van der Waals surface area contributed by atoms with Gasteiger partial charge in [0.25, 0.3) is 11.2 Å². The largest absolute Gasteiger partial charge is 0.411 e. The highest BCUT2D eigenvalue weighted by Crippen LogP contribution is 2.31. The summed E-state index contributed by atoms with van der Waals surface area (Å²) in [5, 5.41) is 8.78. The van der Waals surface area contributed by atoms with Crippen molar-refractivity contribution in [3.8, 4) is 11.3 Å². The maximum Gasteiger partial charge on any atom is 0.283 e. The summed E-state index contributed by atoms with van der Waals surface area (Å²) in [6, 6.07) is 7.58. The first-order valence-electron chi connectivity index (χ1n) is 8.74.